The minimum absolute atomic E-state index is 0.859. The van der Waals surface area contributed by atoms with E-state index in [4.69, 9.17) is 16.6 Å². The predicted molar refractivity (Wildman–Crippen MR) is 78.5 cm³/mol. The summed E-state index contributed by atoms with van der Waals surface area (Å²) in [5.74, 6) is 0. The van der Waals surface area contributed by atoms with Crippen LogP contribution in [0.3, 0.4) is 0 Å². The van der Waals surface area contributed by atoms with Gasteiger partial charge in [0.2, 0.25) is 0 Å². The maximum Gasteiger partial charge on any atom is 0.136 e. The standard InChI is InChI=1S/C16H14OS/c1-2-5-11-8-9-15-13(10-11)16(18)12-6-3-4-7-14(12)17-15/h3-4,6-10H,2,5H2,1H3. The Morgan fingerprint density at radius 1 is 1.00 bits per heavy atom. The van der Waals surface area contributed by atoms with Gasteiger partial charge in [-0.15, -0.1) is 0 Å². The summed E-state index contributed by atoms with van der Waals surface area (Å²) < 4.78 is 6.79. The molecule has 0 aliphatic rings. The Balaban J connectivity index is 2.38. The second kappa shape index (κ2) is 4.54. The van der Waals surface area contributed by atoms with Crippen LogP contribution in [-0.4, -0.2) is 0 Å². The van der Waals surface area contributed by atoms with Gasteiger partial charge in [0, 0.05) is 10.8 Å². The first kappa shape index (κ1) is 11.4. The van der Waals surface area contributed by atoms with Crippen LogP contribution < -0.4 is 0 Å². The SMILES string of the molecule is CCCc1ccc2oc3ccccc3c(=S)c2c1. The largest absolute Gasteiger partial charge is 0.456 e. The first-order chi connectivity index (χ1) is 8.79. The second-order valence-electron chi connectivity index (χ2n) is 4.51. The van der Waals surface area contributed by atoms with Gasteiger partial charge in [-0.2, -0.15) is 0 Å². The molecule has 18 heavy (non-hydrogen) atoms. The maximum absolute atomic E-state index is 5.89. The highest BCUT2D eigenvalue weighted by Crippen LogP contribution is 2.26. The third-order valence-electron chi connectivity index (χ3n) is 3.18. The van der Waals surface area contributed by atoms with Crippen molar-refractivity contribution in [1.29, 1.82) is 0 Å². The Bertz CT molecular complexity index is 771. The molecule has 0 saturated carbocycles. The molecule has 0 aliphatic carbocycles. The zero-order valence-electron chi connectivity index (χ0n) is 10.3. The molecule has 2 heteroatoms. The van der Waals surface area contributed by atoms with Crippen molar-refractivity contribution in [1.82, 2.24) is 0 Å². The highest BCUT2D eigenvalue weighted by atomic mass is 32.1. The Kier molecular flexibility index (Phi) is 2.88. The Morgan fingerprint density at radius 2 is 1.78 bits per heavy atom. The van der Waals surface area contributed by atoms with Crippen molar-refractivity contribution >= 4 is 34.2 Å². The van der Waals surface area contributed by atoms with Crippen molar-refractivity contribution in [2.75, 3.05) is 0 Å². The van der Waals surface area contributed by atoms with E-state index in [2.05, 4.69) is 19.1 Å². The van der Waals surface area contributed by atoms with Crippen molar-refractivity contribution in [2.45, 2.75) is 19.8 Å². The first-order valence-electron chi connectivity index (χ1n) is 6.24. The van der Waals surface area contributed by atoms with Gasteiger partial charge >= 0.3 is 0 Å². The second-order valence-corrected chi connectivity index (χ2v) is 4.92. The molecule has 0 aliphatic heterocycles. The summed E-state index contributed by atoms with van der Waals surface area (Å²) in [5, 5.41) is 2.07. The molecule has 1 aromatic heterocycles. The molecule has 0 fully saturated rings. The normalized spacial score (nSPS) is 11.2. The fourth-order valence-corrected chi connectivity index (χ4v) is 2.62. The van der Waals surface area contributed by atoms with Crippen molar-refractivity contribution < 1.29 is 4.42 Å². The van der Waals surface area contributed by atoms with Crippen molar-refractivity contribution in [3.05, 3.63) is 52.5 Å². The summed E-state index contributed by atoms with van der Waals surface area (Å²) >= 11 is 5.58. The highest BCUT2D eigenvalue weighted by Gasteiger charge is 2.04. The molecule has 2 aromatic carbocycles. The van der Waals surface area contributed by atoms with Gasteiger partial charge in [0.15, 0.2) is 0 Å². The van der Waals surface area contributed by atoms with E-state index in [9.17, 15) is 0 Å². The van der Waals surface area contributed by atoms with E-state index in [0.717, 1.165) is 39.3 Å². The zero-order chi connectivity index (χ0) is 12.5. The molecular weight excluding hydrogens is 240 g/mol. The quantitative estimate of drug-likeness (QED) is 0.456. The van der Waals surface area contributed by atoms with Crippen LogP contribution in [0.1, 0.15) is 18.9 Å². The van der Waals surface area contributed by atoms with E-state index in [0.29, 0.717) is 0 Å². The van der Waals surface area contributed by atoms with Crippen LogP contribution in [0.25, 0.3) is 21.9 Å². The number of hydrogen-bond acceptors (Lipinski definition) is 2. The van der Waals surface area contributed by atoms with Gasteiger partial charge in [-0.25, -0.2) is 0 Å². The topological polar surface area (TPSA) is 13.1 Å². The molecule has 0 amide bonds. The van der Waals surface area contributed by atoms with E-state index in [1.165, 1.54) is 5.56 Å². The number of benzene rings is 2. The van der Waals surface area contributed by atoms with Crippen LogP contribution in [0, 0.1) is 4.51 Å². The minimum Gasteiger partial charge on any atom is -0.456 e. The van der Waals surface area contributed by atoms with Crippen molar-refractivity contribution in [3.63, 3.8) is 0 Å². The van der Waals surface area contributed by atoms with Crippen LogP contribution in [0.4, 0.5) is 0 Å². The molecule has 0 unspecified atom stereocenters. The number of fused-ring (bicyclic) bond motifs is 2. The lowest BCUT2D eigenvalue weighted by molar-refractivity contribution is 0.660. The lowest BCUT2D eigenvalue weighted by Gasteiger charge is -2.04. The first-order valence-corrected chi connectivity index (χ1v) is 6.65. The molecular formula is C16H14OS. The average Bonchev–Trinajstić information content (AvgIpc) is 2.40. The highest BCUT2D eigenvalue weighted by molar-refractivity contribution is 7.72. The van der Waals surface area contributed by atoms with Gasteiger partial charge in [-0.3, -0.25) is 0 Å². The molecule has 1 heterocycles. The molecule has 0 N–H and O–H groups in total. The molecule has 3 aromatic rings. The van der Waals surface area contributed by atoms with Crippen molar-refractivity contribution in [3.8, 4) is 0 Å². The molecule has 0 bridgehead atoms. The third kappa shape index (κ3) is 1.83. The lowest BCUT2D eigenvalue weighted by atomic mass is 10.1. The van der Waals surface area contributed by atoms with Gasteiger partial charge in [0.1, 0.15) is 11.2 Å². The van der Waals surface area contributed by atoms with E-state index in [1.54, 1.807) is 0 Å². The molecule has 0 radical (unpaired) electrons. The van der Waals surface area contributed by atoms with Gasteiger partial charge in [0.05, 0.1) is 4.51 Å². The van der Waals surface area contributed by atoms with E-state index >= 15 is 0 Å². The Labute approximate surface area is 111 Å². The fraction of sp³-hybridized carbons (Fsp3) is 0.188. The summed E-state index contributed by atoms with van der Waals surface area (Å²) in [5.41, 5.74) is 3.05. The third-order valence-corrected chi connectivity index (χ3v) is 3.62. The molecule has 0 saturated heterocycles. The molecule has 0 spiro atoms. The minimum atomic E-state index is 0.859. The number of hydrogen-bond donors (Lipinski definition) is 0. The lowest BCUT2D eigenvalue weighted by Crippen LogP contribution is -1.85. The summed E-state index contributed by atoms with van der Waals surface area (Å²) in [4.78, 5) is 0. The van der Waals surface area contributed by atoms with Gasteiger partial charge in [-0.1, -0.05) is 43.8 Å². The predicted octanol–water partition coefficient (Wildman–Crippen LogP) is 5.27. The molecule has 0 atom stereocenters. The van der Waals surface area contributed by atoms with Crippen LogP contribution in [0.2, 0.25) is 0 Å². The summed E-state index contributed by atoms with van der Waals surface area (Å²) in [6.07, 6.45) is 2.22. The Morgan fingerprint density at radius 3 is 2.61 bits per heavy atom. The van der Waals surface area contributed by atoms with Crippen LogP contribution in [0.15, 0.2) is 46.9 Å². The molecule has 1 nitrogen and oxygen atoms in total. The number of aryl methyl sites for hydroxylation is 1. The van der Waals surface area contributed by atoms with Crippen LogP contribution >= 0.6 is 12.2 Å². The van der Waals surface area contributed by atoms with E-state index < -0.39 is 0 Å². The average molecular weight is 254 g/mol. The summed E-state index contributed by atoms with van der Waals surface area (Å²) in [6.45, 7) is 2.18. The number of rotatable bonds is 2. The zero-order valence-corrected chi connectivity index (χ0v) is 11.1. The van der Waals surface area contributed by atoms with Gasteiger partial charge < -0.3 is 4.42 Å². The van der Waals surface area contributed by atoms with Crippen LogP contribution in [-0.2, 0) is 6.42 Å². The number of para-hydroxylation sites is 1. The van der Waals surface area contributed by atoms with Crippen molar-refractivity contribution in [2.24, 2.45) is 0 Å². The van der Waals surface area contributed by atoms with Gasteiger partial charge in [-0.05, 0) is 36.2 Å². The molecule has 3 rings (SSSR count). The maximum atomic E-state index is 5.89. The summed E-state index contributed by atoms with van der Waals surface area (Å²) in [6, 6.07) is 14.3. The van der Waals surface area contributed by atoms with Crippen LogP contribution in [0.5, 0.6) is 0 Å². The molecule has 90 valence electrons. The Hall–Kier alpha value is -1.67. The van der Waals surface area contributed by atoms with E-state index in [1.807, 2.05) is 30.3 Å². The smallest absolute Gasteiger partial charge is 0.136 e. The fourth-order valence-electron chi connectivity index (χ4n) is 2.29. The van der Waals surface area contributed by atoms with Gasteiger partial charge in [0.25, 0.3) is 0 Å². The summed E-state index contributed by atoms with van der Waals surface area (Å²) in [7, 11) is 0. The monoisotopic (exact) mass is 254 g/mol. The van der Waals surface area contributed by atoms with E-state index in [-0.39, 0.29) is 0 Å².